The lowest BCUT2D eigenvalue weighted by Gasteiger charge is -2.47. The molecule has 1 aromatic rings. The van der Waals surface area contributed by atoms with Crippen LogP contribution >= 0.6 is 11.8 Å². The summed E-state index contributed by atoms with van der Waals surface area (Å²) >= 11 is 1.17. The average molecular weight is 585 g/mol. The lowest BCUT2D eigenvalue weighted by molar-refractivity contribution is -0.138. The first-order valence-corrected chi connectivity index (χ1v) is 14.7. The van der Waals surface area contributed by atoms with Crippen LogP contribution in [0.3, 0.4) is 0 Å². The van der Waals surface area contributed by atoms with E-state index in [1.807, 2.05) is 0 Å². The maximum absolute atomic E-state index is 14.5. The lowest BCUT2D eigenvalue weighted by atomic mass is 9.82. The number of alkyl halides is 3. The van der Waals surface area contributed by atoms with Gasteiger partial charge in [0.2, 0.25) is 5.91 Å². The van der Waals surface area contributed by atoms with Crippen molar-refractivity contribution in [3.8, 4) is 0 Å². The van der Waals surface area contributed by atoms with E-state index in [1.165, 1.54) is 32.5 Å². The molecular weight excluding hydrogens is 545 g/mol. The minimum absolute atomic E-state index is 0.136. The molecule has 1 saturated carbocycles. The second-order valence-corrected chi connectivity index (χ2v) is 13.5. The molecule has 4 rings (SSSR count). The van der Waals surface area contributed by atoms with E-state index < -0.39 is 51.7 Å². The number of benzene rings is 1. The number of piperidine rings is 1. The van der Waals surface area contributed by atoms with Crippen LogP contribution < -0.4 is 10.6 Å². The first kappa shape index (κ1) is 30.5. The van der Waals surface area contributed by atoms with Gasteiger partial charge in [-0.2, -0.15) is 13.2 Å². The van der Waals surface area contributed by atoms with Crippen LogP contribution in [0.4, 0.5) is 23.7 Å². The molecule has 1 saturated heterocycles. The van der Waals surface area contributed by atoms with Crippen molar-refractivity contribution < 1.29 is 32.3 Å². The molecule has 0 aromatic heterocycles. The fourth-order valence-electron chi connectivity index (χ4n) is 5.68. The van der Waals surface area contributed by atoms with Crippen LogP contribution in [0.15, 0.2) is 17.0 Å². The third kappa shape index (κ3) is 5.93. The van der Waals surface area contributed by atoms with Gasteiger partial charge in [0.25, 0.3) is 5.91 Å². The van der Waals surface area contributed by atoms with Crippen molar-refractivity contribution in [1.82, 2.24) is 9.80 Å². The predicted molar refractivity (Wildman–Crippen MR) is 147 cm³/mol. The van der Waals surface area contributed by atoms with Crippen LogP contribution in [0.2, 0.25) is 0 Å². The summed E-state index contributed by atoms with van der Waals surface area (Å²) in [6.07, 6.45) is -2.17. The Morgan fingerprint density at radius 2 is 1.88 bits per heavy atom. The SMILES string of the molecule is CC(C)N(C(=O)c1cc2c(cc1C(F)(F)F)SC1(CCC1)C(=O)N2CCN)[C@@H]1CCCN(C(=O)OC(C)(C)C)C1. The van der Waals surface area contributed by atoms with Crippen LogP contribution in [-0.2, 0) is 15.7 Å². The molecule has 1 aromatic carbocycles. The first-order valence-electron chi connectivity index (χ1n) is 13.8. The van der Waals surface area contributed by atoms with Gasteiger partial charge in [0.1, 0.15) is 5.60 Å². The van der Waals surface area contributed by atoms with Crippen LogP contribution in [0, 0.1) is 0 Å². The minimum atomic E-state index is -4.79. The summed E-state index contributed by atoms with van der Waals surface area (Å²) in [7, 11) is 0. The summed E-state index contributed by atoms with van der Waals surface area (Å²) in [4.78, 5) is 44.9. The number of fused-ring (bicyclic) bond motifs is 1. The zero-order chi connectivity index (χ0) is 29.6. The zero-order valence-electron chi connectivity index (χ0n) is 23.8. The topological polar surface area (TPSA) is 96.2 Å². The Kier molecular flexibility index (Phi) is 8.44. The third-order valence-corrected chi connectivity index (χ3v) is 9.13. The van der Waals surface area contributed by atoms with Gasteiger partial charge in [-0.3, -0.25) is 9.59 Å². The summed E-state index contributed by atoms with van der Waals surface area (Å²) in [5, 5.41) is 0. The summed E-state index contributed by atoms with van der Waals surface area (Å²) in [5.74, 6) is -0.948. The van der Waals surface area contributed by atoms with E-state index >= 15 is 0 Å². The summed E-state index contributed by atoms with van der Waals surface area (Å²) in [6, 6.07) is 1.30. The Hall–Kier alpha value is -2.47. The highest BCUT2D eigenvalue weighted by Gasteiger charge is 2.52. The molecule has 0 radical (unpaired) electrons. The maximum Gasteiger partial charge on any atom is 0.417 e. The molecule has 0 bridgehead atoms. The number of anilines is 1. The van der Waals surface area contributed by atoms with Gasteiger partial charge in [-0.05, 0) is 78.9 Å². The number of ether oxygens (including phenoxy) is 1. The van der Waals surface area contributed by atoms with Gasteiger partial charge in [-0.25, -0.2) is 4.79 Å². The predicted octanol–water partition coefficient (Wildman–Crippen LogP) is 5.28. The molecule has 3 amide bonds. The van der Waals surface area contributed by atoms with E-state index in [0.29, 0.717) is 37.1 Å². The Balaban J connectivity index is 1.73. The third-order valence-electron chi connectivity index (χ3n) is 7.61. The molecule has 40 heavy (non-hydrogen) atoms. The molecule has 1 aliphatic carbocycles. The molecule has 2 aliphatic heterocycles. The second-order valence-electron chi connectivity index (χ2n) is 12.1. The van der Waals surface area contributed by atoms with Crippen molar-refractivity contribution in [3.05, 3.63) is 23.3 Å². The fourth-order valence-corrected chi connectivity index (χ4v) is 7.24. The molecule has 2 fully saturated rings. The van der Waals surface area contributed by atoms with Crippen LogP contribution in [0.5, 0.6) is 0 Å². The fraction of sp³-hybridized carbons (Fsp3) is 0.679. The number of nitrogens with two attached hydrogens (primary N) is 1. The summed E-state index contributed by atoms with van der Waals surface area (Å²) in [5.41, 5.74) is 3.84. The molecule has 12 heteroatoms. The highest BCUT2D eigenvalue weighted by molar-refractivity contribution is 8.01. The van der Waals surface area contributed by atoms with Crippen molar-refractivity contribution in [1.29, 1.82) is 0 Å². The Morgan fingerprint density at radius 3 is 2.40 bits per heavy atom. The zero-order valence-corrected chi connectivity index (χ0v) is 24.6. The Labute approximate surface area is 237 Å². The second kappa shape index (κ2) is 11.1. The standard InChI is InChI=1S/C28H39F3N4O4S/c1-17(2)35(18-8-6-12-33(16-18)25(38)39-26(3,4)5)23(36)19-14-21-22(15-20(19)28(29,30)31)40-27(9-7-10-27)24(37)34(21)13-11-32/h14-15,17-18H,6-13,16,32H2,1-5H3/t18-/m1/s1. The number of amides is 3. The molecule has 2 heterocycles. The summed E-state index contributed by atoms with van der Waals surface area (Å²) < 4.78 is 48.1. The van der Waals surface area contributed by atoms with E-state index in [1.54, 1.807) is 34.6 Å². The lowest BCUT2D eigenvalue weighted by Crippen LogP contribution is -2.55. The van der Waals surface area contributed by atoms with E-state index in [9.17, 15) is 27.6 Å². The van der Waals surface area contributed by atoms with Crippen molar-refractivity contribution in [3.63, 3.8) is 0 Å². The average Bonchev–Trinajstić information content (AvgIpc) is 2.82. The highest BCUT2D eigenvalue weighted by atomic mass is 32.2. The molecule has 8 nitrogen and oxygen atoms in total. The van der Waals surface area contributed by atoms with E-state index in [0.717, 1.165) is 12.5 Å². The van der Waals surface area contributed by atoms with E-state index in [2.05, 4.69) is 0 Å². The molecule has 3 aliphatic rings. The van der Waals surface area contributed by atoms with Gasteiger partial charge in [0.05, 0.1) is 27.6 Å². The van der Waals surface area contributed by atoms with Crippen LogP contribution in [0.25, 0.3) is 0 Å². The number of carbonyl (C=O) groups is 3. The number of hydrogen-bond donors (Lipinski definition) is 1. The number of carbonyl (C=O) groups excluding carboxylic acids is 3. The number of halogens is 3. The molecule has 1 spiro atoms. The monoisotopic (exact) mass is 584 g/mol. The number of rotatable bonds is 5. The minimum Gasteiger partial charge on any atom is -0.444 e. The number of likely N-dealkylation sites (tertiary alicyclic amines) is 1. The smallest absolute Gasteiger partial charge is 0.417 e. The van der Waals surface area contributed by atoms with Gasteiger partial charge in [0, 0.05) is 37.1 Å². The van der Waals surface area contributed by atoms with Gasteiger partial charge in [-0.15, -0.1) is 11.8 Å². The van der Waals surface area contributed by atoms with E-state index in [-0.39, 0.29) is 31.2 Å². The number of thioether (sulfide) groups is 1. The van der Waals surface area contributed by atoms with Crippen molar-refractivity contribution in [2.75, 3.05) is 31.1 Å². The van der Waals surface area contributed by atoms with Gasteiger partial charge in [0.15, 0.2) is 0 Å². The van der Waals surface area contributed by atoms with Gasteiger partial charge in [-0.1, -0.05) is 0 Å². The highest BCUT2D eigenvalue weighted by Crippen LogP contribution is 2.56. The number of nitrogens with zero attached hydrogens (tertiary/aromatic N) is 3. The van der Waals surface area contributed by atoms with Crippen molar-refractivity contribution in [2.24, 2.45) is 5.73 Å². The first-order chi connectivity index (χ1) is 18.6. The summed E-state index contributed by atoms with van der Waals surface area (Å²) in [6.45, 7) is 9.64. The largest absolute Gasteiger partial charge is 0.444 e. The Bertz CT molecular complexity index is 1160. The molecule has 0 unspecified atom stereocenters. The normalized spacial score (nSPS) is 20.9. The number of hydrogen-bond acceptors (Lipinski definition) is 6. The molecule has 2 N–H and O–H groups in total. The van der Waals surface area contributed by atoms with E-state index in [4.69, 9.17) is 10.5 Å². The molecule has 1 atom stereocenters. The van der Waals surface area contributed by atoms with Crippen molar-refractivity contribution in [2.45, 2.75) is 100 Å². The maximum atomic E-state index is 14.5. The molecular formula is C28H39F3N4O4S. The Morgan fingerprint density at radius 1 is 1.20 bits per heavy atom. The quantitative estimate of drug-likeness (QED) is 0.506. The molecule has 222 valence electrons. The van der Waals surface area contributed by atoms with Crippen LogP contribution in [-0.4, -0.2) is 76.3 Å². The van der Waals surface area contributed by atoms with Gasteiger partial charge >= 0.3 is 12.3 Å². The van der Waals surface area contributed by atoms with Gasteiger partial charge < -0.3 is 25.2 Å². The van der Waals surface area contributed by atoms with Crippen molar-refractivity contribution >= 4 is 35.4 Å². The van der Waals surface area contributed by atoms with Crippen LogP contribution in [0.1, 0.15) is 82.6 Å².